The summed E-state index contributed by atoms with van der Waals surface area (Å²) in [5, 5.41) is 22.2. The summed E-state index contributed by atoms with van der Waals surface area (Å²) < 4.78 is 6.82. The Morgan fingerprint density at radius 1 is 0.660 bits per heavy atom. The predicted octanol–water partition coefficient (Wildman–Crippen LogP) is 10.5. The molecule has 2 aromatic carbocycles. The molecule has 5 nitrogen and oxygen atoms in total. The number of nitrogen functional groups attached to an aromatic ring is 1. The number of aromatic hydroxyl groups is 1. The van der Waals surface area contributed by atoms with Gasteiger partial charge in [0.1, 0.15) is 17.2 Å². The maximum absolute atomic E-state index is 12.9. The van der Waals surface area contributed by atoms with Gasteiger partial charge in [0.05, 0.1) is 11.1 Å². The van der Waals surface area contributed by atoms with Gasteiger partial charge in [-0.15, -0.1) is 0 Å². The van der Waals surface area contributed by atoms with E-state index in [1.807, 2.05) is 12.1 Å². The Morgan fingerprint density at radius 3 is 1.80 bits per heavy atom. The summed E-state index contributed by atoms with van der Waals surface area (Å²) in [5.74, 6) is 4.84. The molecule has 6 atom stereocenters. The van der Waals surface area contributed by atoms with Crippen LogP contribution in [0.25, 0.3) is 0 Å². The average Bonchev–Trinajstić information content (AvgIpc) is 3.00. The lowest BCUT2D eigenvalue weighted by Gasteiger charge is -2.73. The van der Waals surface area contributed by atoms with Crippen molar-refractivity contribution in [2.45, 2.75) is 140 Å². The smallest absolute Gasteiger partial charge is 0.309 e. The molecular weight excluding hydrogens is 618 g/mol. The lowest BCUT2D eigenvalue weighted by atomic mass is 9.31. The summed E-state index contributed by atoms with van der Waals surface area (Å²) in [6.07, 6.45) is 21.8. The number of phenolic OH excluding ortho intramolecular Hbond substituents is 1. The maximum Gasteiger partial charge on any atom is 0.309 e. The van der Waals surface area contributed by atoms with Crippen LogP contribution in [0.4, 0.5) is 5.69 Å². The number of carbonyl (C=O) groups is 1. The van der Waals surface area contributed by atoms with Crippen LogP contribution < -0.4 is 10.5 Å². The van der Waals surface area contributed by atoms with E-state index in [1.165, 1.54) is 82.6 Å². The van der Waals surface area contributed by atoms with E-state index in [4.69, 9.17) is 10.5 Å². The second-order valence-electron chi connectivity index (χ2n) is 21.8. The molecule has 266 valence electrons. The molecule has 5 heteroatoms. The lowest BCUT2D eigenvalue weighted by molar-refractivity contribution is -0.230. The first-order valence-corrected chi connectivity index (χ1v) is 20.4. The number of carboxylic acids is 1. The Balaban J connectivity index is 0.917. The molecule has 12 fully saturated rings. The van der Waals surface area contributed by atoms with E-state index < -0.39 is 11.4 Å². The van der Waals surface area contributed by atoms with Gasteiger partial charge in [-0.25, -0.2) is 0 Å². The number of anilines is 1. The quantitative estimate of drug-likeness (QED) is 0.209. The lowest BCUT2D eigenvalue weighted by Crippen LogP contribution is -2.66. The van der Waals surface area contributed by atoms with Gasteiger partial charge >= 0.3 is 5.97 Å². The second kappa shape index (κ2) is 9.45. The minimum Gasteiger partial charge on any atom is -0.505 e. The molecule has 12 aliphatic carbocycles. The van der Waals surface area contributed by atoms with Crippen LogP contribution in [0.3, 0.4) is 0 Å². The molecule has 0 heterocycles. The highest BCUT2D eigenvalue weighted by Gasteiger charge is 2.71. The van der Waals surface area contributed by atoms with Crippen molar-refractivity contribution in [2.24, 2.45) is 56.7 Å². The van der Waals surface area contributed by atoms with E-state index in [0.717, 1.165) is 67.4 Å². The number of benzene rings is 2. The molecule has 2 aromatic rings. The van der Waals surface area contributed by atoms with Gasteiger partial charge in [-0.3, -0.25) is 4.79 Å². The third-order valence-electron chi connectivity index (χ3n) is 17.7. The fourth-order valence-electron chi connectivity index (χ4n) is 18.3. The van der Waals surface area contributed by atoms with Crippen LogP contribution in [0.1, 0.15) is 141 Å². The summed E-state index contributed by atoms with van der Waals surface area (Å²) in [4.78, 5) is 12.9. The summed E-state index contributed by atoms with van der Waals surface area (Å²) in [6, 6.07) is 13.0. The first kappa shape index (κ1) is 30.9. The number of phenols is 1. The Bertz CT molecular complexity index is 1760. The zero-order valence-electron chi connectivity index (χ0n) is 30.4. The normalized spacial score (nSPS) is 50.2. The van der Waals surface area contributed by atoms with Crippen LogP contribution in [0.5, 0.6) is 17.2 Å². The van der Waals surface area contributed by atoms with Crippen LogP contribution in [-0.2, 0) is 15.6 Å². The highest BCUT2D eigenvalue weighted by atomic mass is 16.5. The number of hydrogen-bond donors (Lipinski definition) is 3. The fraction of sp³-hybridized carbons (Fsp3) is 0.711. The molecule has 12 saturated carbocycles. The van der Waals surface area contributed by atoms with Crippen molar-refractivity contribution >= 4 is 11.7 Å². The number of carboxylic acid groups (broad SMARTS) is 1. The topological polar surface area (TPSA) is 92.8 Å². The maximum atomic E-state index is 12.9. The second-order valence-corrected chi connectivity index (χ2v) is 21.8. The van der Waals surface area contributed by atoms with Crippen LogP contribution in [0.2, 0.25) is 0 Å². The molecule has 0 saturated heterocycles. The van der Waals surface area contributed by atoms with Gasteiger partial charge in [0.25, 0.3) is 0 Å². The molecule has 6 unspecified atom stereocenters. The van der Waals surface area contributed by atoms with Crippen LogP contribution in [0, 0.1) is 56.7 Å². The van der Waals surface area contributed by atoms with Gasteiger partial charge in [0.15, 0.2) is 0 Å². The van der Waals surface area contributed by atoms with Gasteiger partial charge in [0, 0.05) is 11.0 Å². The molecule has 0 amide bonds. The Kier molecular flexibility index (Phi) is 5.84. The summed E-state index contributed by atoms with van der Waals surface area (Å²) in [6.45, 7) is 4.96. The van der Waals surface area contributed by atoms with Crippen molar-refractivity contribution in [3.63, 3.8) is 0 Å². The van der Waals surface area contributed by atoms with Crippen molar-refractivity contribution in [1.29, 1.82) is 0 Å². The van der Waals surface area contributed by atoms with E-state index in [-0.39, 0.29) is 22.0 Å². The highest BCUT2D eigenvalue weighted by molar-refractivity contribution is 5.75. The van der Waals surface area contributed by atoms with Crippen LogP contribution in [0.15, 0.2) is 36.4 Å². The molecule has 0 radical (unpaired) electrons. The molecule has 0 aromatic heterocycles. The zero-order chi connectivity index (χ0) is 34.1. The van der Waals surface area contributed by atoms with Crippen molar-refractivity contribution in [3.05, 3.63) is 47.5 Å². The third-order valence-corrected chi connectivity index (χ3v) is 17.7. The predicted molar refractivity (Wildman–Crippen MR) is 194 cm³/mol. The first-order chi connectivity index (χ1) is 23.7. The minimum atomic E-state index is -0.491. The van der Waals surface area contributed by atoms with Crippen LogP contribution >= 0.6 is 0 Å². The minimum absolute atomic E-state index is 0.0956. The van der Waals surface area contributed by atoms with Gasteiger partial charge in [-0.05, 0) is 202 Å². The Labute approximate surface area is 298 Å². The van der Waals surface area contributed by atoms with E-state index in [1.54, 1.807) is 0 Å². The molecule has 14 rings (SSSR count). The SMILES string of the molecule is CC12CC3CC(C)(C1)CC(c1c(Oc4ccc(C56CC7CC(C5)CC(C58CC9CC(CC(C(=O)O)(C9)C5)C8)(C7)C6)cc4)ccc(N)c1O)(C3)C2. The number of ether oxygens (including phenoxy) is 1. The number of aliphatic carboxylic acids is 1. The molecule has 50 heavy (non-hydrogen) atoms. The molecule has 0 aliphatic heterocycles. The van der Waals surface area contributed by atoms with Crippen molar-refractivity contribution in [2.75, 3.05) is 5.73 Å². The summed E-state index contributed by atoms with van der Waals surface area (Å²) >= 11 is 0. The summed E-state index contributed by atoms with van der Waals surface area (Å²) in [5.41, 5.74) is 10.1. The highest BCUT2D eigenvalue weighted by Crippen LogP contribution is 2.79. The van der Waals surface area contributed by atoms with E-state index in [0.29, 0.717) is 39.7 Å². The van der Waals surface area contributed by atoms with Crippen molar-refractivity contribution < 1.29 is 19.7 Å². The third kappa shape index (κ3) is 4.04. The Morgan fingerprint density at radius 2 is 1.22 bits per heavy atom. The largest absolute Gasteiger partial charge is 0.505 e. The monoisotopic (exact) mass is 675 g/mol. The van der Waals surface area contributed by atoms with E-state index in [2.05, 4.69) is 38.1 Å². The molecule has 4 N–H and O–H groups in total. The molecular formula is C45H57NO4. The molecule has 0 spiro atoms. The standard InChI is InChI=1S/C45H57NO4/c1-39-11-31-12-40(2,22-39)24-43(17-31,23-39)36-35(8-7-34(46)37(36)47)50-33-5-3-32(4-6-33)41-13-27-9-28(14-41)19-44(18-27,25-41)45-20-29-10-30(21-45)16-42(15-29,26-45)38(48)49/h3-8,27-31,47H,9-26,46H2,1-2H3,(H,48,49). The van der Waals surface area contributed by atoms with Crippen molar-refractivity contribution in [3.8, 4) is 17.2 Å². The number of nitrogens with two attached hydrogens (primary N) is 1. The zero-order valence-corrected chi connectivity index (χ0v) is 30.4. The van der Waals surface area contributed by atoms with Crippen LogP contribution in [-0.4, -0.2) is 16.2 Å². The fourth-order valence-corrected chi connectivity index (χ4v) is 18.3. The molecule has 12 aliphatic rings. The van der Waals surface area contributed by atoms with Gasteiger partial charge in [0.2, 0.25) is 0 Å². The van der Waals surface area contributed by atoms with E-state index in [9.17, 15) is 15.0 Å². The van der Waals surface area contributed by atoms with Gasteiger partial charge in [-0.2, -0.15) is 0 Å². The van der Waals surface area contributed by atoms with Gasteiger partial charge < -0.3 is 20.7 Å². The Hall–Kier alpha value is -2.69. The number of rotatable bonds is 6. The van der Waals surface area contributed by atoms with Gasteiger partial charge in [-0.1, -0.05) is 26.0 Å². The van der Waals surface area contributed by atoms with Crippen molar-refractivity contribution in [1.82, 2.24) is 0 Å². The first-order valence-electron chi connectivity index (χ1n) is 20.4. The average molecular weight is 676 g/mol. The summed E-state index contributed by atoms with van der Waals surface area (Å²) in [7, 11) is 0. The van der Waals surface area contributed by atoms with E-state index >= 15 is 0 Å². The molecule has 12 bridgehead atoms. The number of hydrogen-bond acceptors (Lipinski definition) is 4.